The Balaban J connectivity index is 2.23. The maximum atomic E-state index is 12.4. The molecule has 21 heavy (non-hydrogen) atoms. The van der Waals surface area contributed by atoms with Gasteiger partial charge in [-0.25, -0.2) is 0 Å². The lowest BCUT2D eigenvalue weighted by Gasteiger charge is -2.17. The lowest BCUT2D eigenvalue weighted by molar-refractivity contribution is -0.385. The van der Waals surface area contributed by atoms with E-state index in [0.717, 1.165) is 5.56 Å². The molecule has 2 aromatic rings. The fraction of sp³-hybridized carbons (Fsp3) is 0.286. The zero-order valence-corrected chi connectivity index (χ0v) is 12.1. The Kier molecular flexibility index (Phi) is 4.02. The number of nitro groups is 1. The lowest BCUT2D eigenvalue weighted by Crippen LogP contribution is -2.26. The molecule has 0 radical (unpaired) electrons. The summed E-state index contributed by atoms with van der Waals surface area (Å²) in [6, 6.07) is 4.52. The van der Waals surface area contributed by atoms with E-state index >= 15 is 0 Å². The number of rotatable bonds is 4. The number of nitrogens with zero attached hydrogens (tertiary/aromatic N) is 4. The van der Waals surface area contributed by atoms with Gasteiger partial charge in [-0.15, -0.1) is 0 Å². The summed E-state index contributed by atoms with van der Waals surface area (Å²) in [7, 11) is 3.46. The van der Waals surface area contributed by atoms with Crippen LogP contribution in [0.1, 0.15) is 21.5 Å². The predicted octanol–water partition coefficient (Wildman–Crippen LogP) is 1.91. The van der Waals surface area contributed by atoms with Crippen LogP contribution in [0.3, 0.4) is 0 Å². The van der Waals surface area contributed by atoms with Gasteiger partial charge >= 0.3 is 0 Å². The van der Waals surface area contributed by atoms with Gasteiger partial charge in [0.25, 0.3) is 11.6 Å². The van der Waals surface area contributed by atoms with E-state index in [1.54, 1.807) is 38.0 Å². The number of amides is 1. The first kappa shape index (κ1) is 14.7. The van der Waals surface area contributed by atoms with Crippen molar-refractivity contribution in [1.29, 1.82) is 0 Å². The lowest BCUT2D eigenvalue weighted by atomic mass is 10.1. The SMILES string of the molecule is Cc1c(C(=O)N(C)Cc2cnn(C)c2)cccc1[N+](=O)[O-]. The van der Waals surface area contributed by atoms with E-state index in [1.807, 2.05) is 6.20 Å². The van der Waals surface area contributed by atoms with Gasteiger partial charge in [-0.3, -0.25) is 19.6 Å². The first-order chi connectivity index (χ1) is 9.90. The van der Waals surface area contributed by atoms with Crippen molar-refractivity contribution in [2.45, 2.75) is 13.5 Å². The second-order valence-electron chi connectivity index (χ2n) is 4.89. The van der Waals surface area contributed by atoms with Crippen LogP contribution in [0.5, 0.6) is 0 Å². The highest BCUT2D eigenvalue weighted by Crippen LogP contribution is 2.22. The van der Waals surface area contributed by atoms with Crippen molar-refractivity contribution in [3.8, 4) is 0 Å². The van der Waals surface area contributed by atoms with E-state index < -0.39 is 4.92 Å². The van der Waals surface area contributed by atoms with E-state index in [0.29, 0.717) is 17.7 Å². The fourth-order valence-electron chi connectivity index (χ4n) is 2.16. The molecule has 1 heterocycles. The largest absolute Gasteiger partial charge is 0.337 e. The Morgan fingerprint density at radius 2 is 2.19 bits per heavy atom. The van der Waals surface area contributed by atoms with Crippen molar-refractivity contribution >= 4 is 11.6 Å². The molecule has 0 bridgehead atoms. The van der Waals surface area contributed by atoms with Crippen molar-refractivity contribution < 1.29 is 9.72 Å². The van der Waals surface area contributed by atoms with Crippen molar-refractivity contribution in [3.05, 3.63) is 57.4 Å². The van der Waals surface area contributed by atoms with Crippen molar-refractivity contribution in [3.63, 3.8) is 0 Å². The van der Waals surface area contributed by atoms with Gasteiger partial charge in [0.1, 0.15) is 0 Å². The number of carbonyl (C=O) groups is 1. The quantitative estimate of drug-likeness (QED) is 0.635. The van der Waals surface area contributed by atoms with Gasteiger partial charge in [-0.1, -0.05) is 6.07 Å². The molecule has 0 saturated heterocycles. The molecule has 1 amide bonds. The van der Waals surface area contributed by atoms with Crippen LogP contribution in [0.25, 0.3) is 0 Å². The minimum atomic E-state index is -0.479. The number of hydrogen-bond donors (Lipinski definition) is 0. The Morgan fingerprint density at radius 3 is 2.76 bits per heavy atom. The average Bonchev–Trinajstić information content (AvgIpc) is 2.83. The maximum Gasteiger partial charge on any atom is 0.273 e. The average molecular weight is 288 g/mol. The van der Waals surface area contributed by atoms with Crippen LogP contribution in [-0.2, 0) is 13.6 Å². The number of aromatic nitrogens is 2. The number of hydrogen-bond acceptors (Lipinski definition) is 4. The summed E-state index contributed by atoms with van der Waals surface area (Å²) in [5.41, 5.74) is 1.58. The van der Waals surface area contributed by atoms with Crippen LogP contribution in [-0.4, -0.2) is 32.6 Å². The minimum Gasteiger partial charge on any atom is -0.337 e. The first-order valence-corrected chi connectivity index (χ1v) is 6.37. The highest BCUT2D eigenvalue weighted by Gasteiger charge is 2.20. The molecular weight excluding hydrogens is 272 g/mol. The third kappa shape index (κ3) is 3.07. The molecule has 0 aliphatic rings. The Bertz CT molecular complexity index is 693. The predicted molar refractivity (Wildman–Crippen MR) is 76.8 cm³/mol. The Hall–Kier alpha value is -2.70. The zero-order valence-electron chi connectivity index (χ0n) is 12.1. The van der Waals surface area contributed by atoms with E-state index in [9.17, 15) is 14.9 Å². The van der Waals surface area contributed by atoms with Gasteiger partial charge in [-0.2, -0.15) is 5.10 Å². The van der Waals surface area contributed by atoms with E-state index in [1.165, 1.54) is 17.0 Å². The van der Waals surface area contributed by atoms with E-state index in [-0.39, 0.29) is 11.6 Å². The van der Waals surface area contributed by atoms with Crippen LogP contribution >= 0.6 is 0 Å². The molecule has 7 nitrogen and oxygen atoms in total. The summed E-state index contributed by atoms with van der Waals surface area (Å²) in [5, 5.41) is 15.0. The Labute approximate surface area is 121 Å². The summed E-state index contributed by atoms with van der Waals surface area (Å²) in [6.07, 6.45) is 3.51. The van der Waals surface area contributed by atoms with Gasteiger partial charge < -0.3 is 4.90 Å². The molecule has 0 atom stereocenters. The number of benzene rings is 1. The molecular formula is C14H16N4O3. The molecule has 0 saturated carbocycles. The molecule has 0 aliphatic heterocycles. The molecule has 0 aliphatic carbocycles. The van der Waals surface area contributed by atoms with Crippen LogP contribution < -0.4 is 0 Å². The summed E-state index contributed by atoms with van der Waals surface area (Å²) in [4.78, 5) is 24.4. The standard InChI is InChI=1S/C14H16N4O3/c1-10-12(5-4-6-13(10)18(20)21)14(19)16(2)8-11-7-15-17(3)9-11/h4-7,9H,8H2,1-3H3. The van der Waals surface area contributed by atoms with Gasteiger partial charge in [0.05, 0.1) is 11.1 Å². The third-order valence-corrected chi connectivity index (χ3v) is 3.26. The highest BCUT2D eigenvalue weighted by atomic mass is 16.6. The van der Waals surface area contributed by atoms with Crippen molar-refractivity contribution in [2.24, 2.45) is 7.05 Å². The summed E-state index contributed by atoms with van der Waals surface area (Å²) < 4.78 is 1.66. The van der Waals surface area contributed by atoms with Gasteiger partial charge in [-0.05, 0) is 13.0 Å². The molecule has 0 spiro atoms. The topological polar surface area (TPSA) is 81.3 Å². The molecule has 0 N–H and O–H groups in total. The molecule has 1 aromatic carbocycles. The smallest absolute Gasteiger partial charge is 0.273 e. The van der Waals surface area contributed by atoms with Gasteiger partial charge in [0.2, 0.25) is 0 Å². The van der Waals surface area contributed by atoms with E-state index in [4.69, 9.17) is 0 Å². The highest BCUT2D eigenvalue weighted by molar-refractivity contribution is 5.96. The Morgan fingerprint density at radius 1 is 1.48 bits per heavy atom. The first-order valence-electron chi connectivity index (χ1n) is 6.37. The minimum absolute atomic E-state index is 0.0457. The second kappa shape index (κ2) is 5.74. The summed E-state index contributed by atoms with van der Waals surface area (Å²) >= 11 is 0. The van der Waals surface area contributed by atoms with Crippen LogP contribution in [0, 0.1) is 17.0 Å². The molecule has 0 fully saturated rings. The van der Waals surface area contributed by atoms with Crippen LogP contribution in [0.2, 0.25) is 0 Å². The third-order valence-electron chi connectivity index (χ3n) is 3.26. The molecule has 7 heteroatoms. The fourth-order valence-corrected chi connectivity index (χ4v) is 2.16. The van der Waals surface area contributed by atoms with Gasteiger partial charge in [0, 0.05) is 49.6 Å². The van der Waals surface area contributed by atoms with Crippen molar-refractivity contribution in [1.82, 2.24) is 14.7 Å². The van der Waals surface area contributed by atoms with Crippen molar-refractivity contribution in [2.75, 3.05) is 7.05 Å². The maximum absolute atomic E-state index is 12.4. The van der Waals surface area contributed by atoms with E-state index in [2.05, 4.69) is 5.10 Å². The molecule has 2 rings (SSSR count). The number of nitro benzene ring substituents is 1. The monoisotopic (exact) mass is 288 g/mol. The second-order valence-corrected chi connectivity index (χ2v) is 4.89. The molecule has 110 valence electrons. The summed E-state index contributed by atoms with van der Waals surface area (Å²) in [6.45, 7) is 1.98. The van der Waals surface area contributed by atoms with Gasteiger partial charge in [0.15, 0.2) is 0 Å². The summed E-state index contributed by atoms with van der Waals surface area (Å²) in [5.74, 6) is -0.250. The van der Waals surface area contributed by atoms with Crippen LogP contribution in [0.4, 0.5) is 5.69 Å². The molecule has 0 unspecified atom stereocenters. The number of carbonyl (C=O) groups excluding carboxylic acids is 1. The normalized spacial score (nSPS) is 10.4. The van der Waals surface area contributed by atoms with Crippen LogP contribution in [0.15, 0.2) is 30.6 Å². The zero-order chi connectivity index (χ0) is 15.6. The molecule has 1 aromatic heterocycles. The number of aryl methyl sites for hydroxylation is 1.